The monoisotopic (exact) mass is 355 g/mol. The van der Waals surface area contributed by atoms with Crippen molar-refractivity contribution in [3.05, 3.63) is 60.5 Å². The van der Waals surface area contributed by atoms with Crippen LogP contribution in [0.15, 0.2) is 23.0 Å². The molecule has 3 aromatic rings. The predicted molar refractivity (Wildman–Crippen MR) is 96.0 cm³/mol. The molecule has 0 amide bonds. The molecule has 0 unspecified atom stereocenters. The summed E-state index contributed by atoms with van der Waals surface area (Å²) in [7, 11) is 0. The number of phenols is 1. The van der Waals surface area contributed by atoms with Gasteiger partial charge in [0.1, 0.15) is 10.7 Å². The molecule has 2 heterocycles. The van der Waals surface area contributed by atoms with Gasteiger partial charge in [-0.15, -0.1) is 11.3 Å². The van der Waals surface area contributed by atoms with Crippen LogP contribution in [0.3, 0.4) is 0 Å². The van der Waals surface area contributed by atoms with Crippen molar-refractivity contribution >= 4 is 39.4 Å². The second-order valence-corrected chi connectivity index (χ2v) is 6.91. The average molecular weight is 355 g/mol. The van der Waals surface area contributed by atoms with E-state index in [9.17, 15) is 20.0 Å². The van der Waals surface area contributed by atoms with Gasteiger partial charge in [-0.05, 0) is 42.5 Å². The molecule has 1 aromatic carbocycles. The standard InChI is InChI=1S/C17H13N3O4S/c21-12-6-4-9(8-11(12)20(23)24)5-7-14-18-16(22)15-10-2-1-3-13(10)25-17(15)19-14/h4-8,21H,1-3H2,(H,18,19,22)/b7-5+. The summed E-state index contributed by atoms with van der Waals surface area (Å²) in [5, 5.41) is 21.0. The Labute approximate surface area is 145 Å². The van der Waals surface area contributed by atoms with Gasteiger partial charge in [0.05, 0.1) is 10.3 Å². The minimum Gasteiger partial charge on any atom is -0.502 e. The largest absolute Gasteiger partial charge is 0.502 e. The normalized spacial score (nSPS) is 13.6. The van der Waals surface area contributed by atoms with Crippen LogP contribution in [0.2, 0.25) is 0 Å². The van der Waals surface area contributed by atoms with Gasteiger partial charge in [-0.3, -0.25) is 14.9 Å². The number of H-pyrrole nitrogens is 1. The summed E-state index contributed by atoms with van der Waals surface area (Å²) in [5.41, 5.74) is 1.13. The summed E-state index contributed by atoms with van der Waals surface area (Å²) in [5.74, 6) is 0.0105. The van der Waals surface area contributed by atoms with Crippen LogP contribution in [0, 0.1) is 10.1 Å². The van der Waals surface area contributed by atoms with Crippen molar-refractivity contribution in [1.82, 2.24) is 9.97 Å². The first-order valence-corrected chi connectivity index (χ1v) is 8.54. The van der Waals surface area contributed by atoms with E-state index in [2.05, 4.69) is 9.97 Å². The van der Waals surface area contributed by atoms with Crippen LogP contribution in [0.5, 0.6) is 5.75 Å². The summed E-state index contributed by atoms with van der Waals surface area (Å²) < 4.78 is 0. The number of nitro benzene ring substituents is 1. The number of nitrogens with one attached hydrogen (secondary N) is 1. The van der Waals surface area contributed by atoms with Gasteiger partial charge in [-0.25, -0.2) is 4.98 Å². The van der Waals surface area contributed by atoms with E-state index in [-0.39, 0.29) is 17.0 Å². The third-order valence-electron chi connectivity index (χ3n) is 4.22. The lowest BCUT2D eigenvalue weighted by molar-refractivity contribution is -0.385. The predicted octanol–water partition coefficient (Wildman–Crippen LogP) is 3.26. The molecule has 2 aromatic heterocycles. The Morgan fingerprint density at radius 2 is 2.16 bits per heavy atom. The summed E-state index contributed by atoms with van der Waals surface area (Å²) in [6.45, 7) is 0. The van der Waals surface area contributed by atoms with E-state index < -0.39 is 4.92 Å². The highest BCUT2D eigenvalue weighted by Crippen LogP contribution is 2.34. The topological polar surface area (TPSA) is 109 Å². The van der Waals surface area contributed by atoms with Gasteiger partial charge in [0.15, 0.2) is 5.75 Å². The first-order valence-electron chi connectivity index (χ1n) is 7.73. The lowest BCUT2D eigenvalue weighted by Gasteiger charge is -1.99. The molecule has 0 bridgehead atoms. The van der Waals surface area contributed by atoms with Crippen molar-refractivity contribution in [2.45, 2.75) is 19.3 Å². The van der Waals surface area contributed by atoms with Crippen LogP contribution in [0.1, 0.15) is 28.2 Å². The first kappa shape index (κ1) is 15.5. The third-order valence-corrected chi connectivity index (χ3v) is 5.41. The molecule has 0 saturated heterocycles. The molecule has 0 spiro atoms. The minimum absolute atomic E-state index is 0.152. The number of benzene rings is 1. The van der Waals surface area contributed by atoms with Gasteiger partial charge in [0.25, 0.3) is 5.56 Å². The molecule has 0 fully saturated rings. The van der Waals surface area contributed by atoms with E-state index in [0.717, 1.165) is 29.7 Å². The van der Waals surface area contributed by atoms with Gasteiger partial charge in [0.2, 0.25) is 0 Å². The molecule has 126 valence electrons. The van der Waals surface area contributed by atoms with E-state index in [1.807, 2.05) is 0 Å². The van der Waals surface area contributed by atoms with Crippen LogP contribution in [-0.2, 0) is 12.8 Å². The van der Waals surface area contributed by atoms with Gasteiger partial charge in [0, 0.05) is 10.9 Å². The second kappa shape index (κ2) is 5.82. The molecule has 4 rings (SSSR count). The number of nitro groups is 1. The van der Waals surface area contributed by atoms with Gasteiger partial charge in [-0.1, -0.05) is 12.1 Å². The van der Waals surface area contributed by atoms with Crippen LogP contribution in [0.25, 0.3) is 22.4 Å². The molecule has 7 nitrogen and oxygen atoms in total. The number of thiophene rings is 1. The second-order valence-electron chi connectivity index (χ2n) is 5.83. The van der Waals surface area contributed by atoms with E-state index in [4.69, 9.17) is 0 Å². The molecule has 1 aliphatic rings. The van der Waals surface area contributed by atoms with E-state index in [1.54, 1.807) is 29.6 Å². The summed E-state index contributed by atoms with van der Waals surface area (Å²) >= 11 is 1.56. The minimum atomic E-state index is -0.647. The number of hydrogen-bond acceptors (Lipinski definition) is 6. The van der Waals surface area contributed by atoms with Gasteiger partial charge in [-0.2, -0.15) is 0 Å². The molecule has 0 aliphatic heterocycles. The number of phenolic OH excluding ortho intramolecular Hbond substituents is 1. The van der Waals surface area contributed by atoms with Crippen molar-refractivity contribution in [3.8, 4) is 5.75 Å². The van der Waals surface area contributed by atoms with Crippen molar-refractivity contribution in [3.63, 3.8) is 0 Å². The molecule has 1 aliphatic carbocycles. The van der Waals surface area contributed by atoms with Gasteiger partial charge >= 0.3 is 5.69 Å². The third kappa shape index (κ3) is 2.70. The fourth-order valence-electron chi connectivity index (χ4n) is 3.06. The molecule has 0 atom stereocenters. The van der Waals surface area contributed by atoms with E-state index >= 15 is 0 Å². The number of aromatic amines is 1. The number of aromatic hydroxyl groups is 1. The Hall–Kier alpha value is -3.00. The zero-order valence-corrected chi connectivity index (χ0v) is 13.8. The fraction of sp³-hybridized carbons (Fsp3) is 0.176. The Kier molecular flexibility index (Phi) is 3.61. The quantitative estimate of drug-likeness (QED) is 0.553. The maximum Gasteiger partial charge on any atom is 0.311 e. The van der Waals surface area contributed by atoms with Crippen LogP contribution < -0.4 is 5.56 Å². The van der Waals surface area contributed by atoms with Crippen LogP contribution in [-0.4, -0.2) is 20.0 Å². The summed E-state index contributed by atoms with van der Waals surface area (Å²) in [6.07, 6.45) is 6.21. The Morgan fingerprint density at radius 1 is 1.32 bits per heavy atom. The highest BCUT2D eigenvalue weighted by atomic mass is 32.1. The Bertz CT molecular complexity index is 1100. The van der Waals surface area contributed by atoms with Crippen LogP contribution in [0.4, 0.5) is 5.69 Å². The smallest absolute Gasteiger partial charge is 0.311 e. The zero-order chi connectivity index (χ0) is 17.6. The Morgan fingerprint density at radius 3 is 2.96 bits per heavy atom. The number of fused-ring (bicyclic) bond motifs is 3. The first-order chi connectivity index (χ1) is 12.0. The van der Waals surface area contributed by atoms with Crippen molar-refractivity contribution < 1.29 is 10.0 Å². The molecule has 2 N–H and O–H groups in total. The van der Waals surface area contributed by atoms with E-state index in [1.165, 1.54) is 17.0 Å². The summed E-state index contributed by atoms with van der Waals surface area (Å²) in [4.78, 5) is 31.8. The molecular formula is C17H13N3O4S. The fourth-order valence-corrected chi connectivity index (χ4v) is 4.33. The average Bonchev–Trinajstić information content (AvgIpc) is 3.14. The lowest BCUT2D eigenvalue weighted by Crippen LogP contribution is -2.09. The van der Waals surface area contributed by atoms with Crippen molar-refractivity contribution in [1.29, 1.82) is 0 Å². The molecule has 0 saturated carbocycles. The highest BCUT2D eigenvalue weighted by molar-refractivity contribution is 7.18. The van der Waals surface area contributed by atoms with Crippen LogP contribution >= 0.6 is 11.3 Å². The number of rotatable bonds is 3. The molecule has 25 heavy (non-hydrogen) atoms. The maximum absolute atomic E-state index is 12.4. The number of aromatic nitrogens is 2. The summed E-state index contributed by atoms with van der Waals surface area (Å²) in [6, 6.07) is 4.08. The van der Waals surface area contributed by atoms with Crippen molar-refractivity contribution in [2.24, 2.45) is 0 Å². The SMILES string of the molecule is O=c1[nH]c(/C=C/c2ccc(O)c([N+](=O)[O-])c2)nc2sc3c(c12)CCC3. The van der Waals surface area contributed by atoms with Gasteiger partial charge < -0.3 is 10.1 Å². The zero-order valence-electron chi connectivity index (χ0n) is 13.0. The van der Waals surface area contributed by atoms with E-state index in [0.29, 0.717) is 16.8 Å². The number of nitrogens with zero attached hydrogens (tertiary/aromatic N) is 2. The lowest BCUT2D eigenvalue weighted by atomic mass is 10.1. The Balaban J connectivity index is 1.71. The molecule has 8 heteroatoms. The number of hydrogen-bond donors (Lipinski definition) is 2. The molecular weight excluding hydrogens is 342 g/mol. The molecule has 0 radical (unpaired) electrons. The number of aryl methyl sites for hydroxylation is 2. The maximum atomic E-state index is 12.4. The van der Waals surface area contributed by atoms with Crippen molar-refractivity contribution in [2.75, 3.05) is 0 Å². The highest BCUT2D eigenvalue weighted by Gasteiger charge is 2.20.